The number of nitriles is 1. The van der Waals surface area contributed by atoms with E-state index in [0.29, 0.717) is 6.42 Å². The van der Waals surface area contributed by atoms with E-state index in [4.69, 9.17) is 5.26 Å². The van der Waals surface area contributed by atoms with Crippen LogP contribution >= 0.6 is 0 Å². The van der Waals surface area contributed by atoms with Crippen LogP contribution in [0.3, 0.4) is 0 Å². The first kappa shape index (κ1) is 24.2. The zero-order chi connectivity index (χ0) is 21.6. The monoisotopic (exact) mass is 402 g/mol. The molecule has 1 saturated heterocycles. The Kier molecular flexibility index (Phi) is 11.1. The van der Waals surface area contributed by atoms with Gasteiger partial charge in [-0.15, -0.1) is 0 Å². The second kappa shape index (κ2) is 13.3. The normalized spacial score (nSPS) is 18.9. The summed E-state index contributed by atoms with van der Waals surface area (Å²) in [6.07, 6.45) is 12.3. The molecule has 0 aromatic rings. The topological polar surface area (TPSA) is 76.4 Å². The van der Waals surface area contributed by atoms with E-state index in [1.807, 2.05) is 26.0 Å². The van der Waals surface area contributed by atoms with Crippen LogP contribution in [-0.4, -0.2) is 41.4 Å². The first-order valence-corrected chi connectivity index (χ1v) is 10.1. The van der Waals surface area contributed by atoms with Crippen LogP contribution in [0, 0.1) is 11.3 Å². The number of halogens is 1. The van der Waals surface area contributed by atoms with E-state index in [2.05, 4.69) is 10.2 Å². The van der Waals surface area contributed by atoms with Crippen molar-refractivity contribution >= 4 is 11.9 Å². The molecule has 6 nitrogen and oxygen atoms in total. The Balaban J connectivity index is 0.000000771. The third kappa shape index (κ3) is 7.94. The van der Waals surface area contributed by atoms with E-state index in [1.165, 1.54) is 25.5 Å². The minimum absolute atomic E-state index is 0.182. The van der Waals surface area contributed by atoms with E-state index in [0.717, 1.165) is 37.3 Å². The summed E-state index contributed by atoms with van der Waals surface area (Å²) in [5, 5.41) is 9.71. The van der Waals surface area contributed by atoms with Gasteiger partial charge in [-0.05, 0) is 49.5 Å². The van der Waals surface area contributed by atoms with Crippen molar-refractivity contribution in [2.75, 3.05) is 19.6 Å². The Morgan fingerprint density at radius 3 is 2.48 bits per heavy atom. The number of nitrogens with zero attached hydrogens (tertiary/aromatic N) is 3. The number of carbonyl (C=O) groups excluding carboxylic acids is 2. The molecule has 0 aromatic carbocycles. The average molecular weight is 403 g/mol. The van der Waals surface area contributed by atoms with Crippen molar-refractivity contribution in [3.63, 3.8) is 0 Å². The molecule has 0 saturated carbocycles. The molecule has 2 aliphatic heterocycles. The molecule has 0 aromatic heterocycles. The van der Waals surface area contributed by atoms with Crippen LogP contribution < -0.4 is 5.32 Å². The van der Waals surface area contributed by atoms with Crippen LogP contribution in [0.5, 0.6) is 0 Å². The number of piperidine rings is 1. The van der Waals surface area contributed by atoms with E-state index in [9.17, 15) is 14.0 Å². The first-order chi connectivity index (χ1) is 14.0. The lowest BCUT2D eigenvalue weighted by Crippen LogP contribution is -2.46. The van der Waals surface area contributed by atoms with Gasteiger partial charge in [-0.3, -0.25) is 15.0 Å². The predicted molar refractivity (Wildman–Crippen MR) is 112 cm³/mol. The Morgan fingerprint density at radius 2 is 1.83 bits per heavy atom. The molecular formula is C22H31FN4O2. The van der Waals surface area contributed by atoms with E-state index in [-0.39, 0.29) is 24.7 Å². The SMILES string of the molecule is CC.CC#N.O=C1CC=C(N2CCCCC2)N(CC2=CC(F)=CC=CC2)C(=O)N1. The van der Waals surface area contributed by atoms with Crippen molar-refractivity contribution in [2.24, 2.45) is 0 Å². The number of carbonyl (C=O) groups is 2. The van der Waals surface area contributed by atoms with Gasteiger partial charge in [0.25, 0.3) is 0 Å². The fourth-order valence-corrected chi connectivity index (χ4v) is 3.21. The lowest BCUT2D eigenvalue weighted by Gasteiger charge is -2.36. The average Bonchev–Trinajstić information content (AvgIpc) is 3.01. The zero-order valence-electron chi connectivity index (χ0n) is 17.6. The number of urea groups is 1. The maximum absolute atomic E-state index is 13.7. The zero-order valence-corrected chi connectivity index (χ0v) is 17.6. The van der Waals surface area contributed by atoms with Gasteiger partial charge in [-0.2, -0.15) is 5.26 Å². The van der Waals surface area contributed by atoms with Gasteiger partial charge in [0, 0.05) is 26.4 Å². The summed E-state index contributed by atoms with van der Waals surface area (Å²) in [6.45, 7) is 7.45. The van der Waals surface area contributed by atoms with Crippen LogP contribution in [0.25, 0.3) is 0 Å². The number of imide groups is 1. The predicted octanol–water partition coefficient (Wildman–Crippen LogP) is 4.55. The number of likely N-dealkylation sites (tertiary alicyclic amines) is 1. The summed E-state index contributed by atoms with van der Waals surface area (Å²) in [5.74, 6) is 0.128. The number of allylic oxidation sites excluding steroid dienone is 5. The molecule has 29 heavy (non-hydrogen) atoms. The highest BCUT2D eigenvalue weighted by atomic mass is 19.1. The van der Waals surface area contributed by atoms with Crippen LogP contribution in [-0.2, 0) is 4.79 Å². The number of rotatable bonds is 3. The molecule has 158 valence electrons. The standard InChI is InChI=1S/C18H22FN3O2.C2H3N.C2H6/c19-15-7-3-2-6-14(12-15)13-22-17(21-10-4-1-5-11-21)9-8-16(23)20-18(22)24;1-2-3;1-2/h2-3,7,9,12H,1,4-6,8,10-11,13H2,(H,20,23,24);1H3;1-2H3. The van der Waals surface area contributed by atoms with Crippen molar-refractivity contribution in [1.82, 2.24) is 15.1 Å². The molecule has 3 aliphatic rings. The lowest BCUT2D eigenvalue weighted by molar-refractivity contribution is -0.119. The Morgan fingerprint density at radius 1 is 1.17 bits per heavy atom. The summed E-state index contributed by atoms with van der Waals surface area (Å²) in [6, 6.07) is 1.31. The van der Waals surface area contributed by atoms with Gasteiger partial charge in [0.15, 0.2) is 0 Å². The largest absolute Gasteiger partial charge is 0.358 e. The van der Waals surface area contributed by atoms with Gasteiger partial charge in [0.05, 0.1) is 12.6 Å². The van der Waals surface area contributed by atoms with Crippen LogP contribution in [0.15, 0.2) is 47.6 Å². The minimum Gasteiger partial charge on any atom is -0.358 e. The second-order valence-electron chi connectivity index (χ2n) is 6.46. The second-order valence-corrected chi connectivity index (χ2v) is 6.46. The quantitative estimate of drug-likeness (QED) is 0.751. The fraction of sp³-hybridized carbons (Fsp3) is 0.500. The Bertz CT molecular complexity index is 726. The van der Waals surface area contributed by atoms with E-state index >= 15 is 0 Å². The maximum Gasteiger partial charge on any atom is 0.329 e. The molecular weight excluding hydrogens is 371 g/mol. The molecule has 7 heteroatoms. The Labute approximate surface area is 173 Å². The third-order valence-corrected chi connectivity index (χ3v) is 4.39. The summed E-state index contributed by atoms with van der Waals surface area (Å²) < 4.78 is 13.7. The third-order valence-electron chi connectivity index (χ3n) is 4.39. The molecule has 3 rings (SSSR count). The molecule has 1 aliphatic carbocycles. The van der Waals surface area contributed by atoms with E-state index < -0.39 is 6.03 Å². The number of hydrogen-bond donors (Lipinski definition) is 1. The highest BCUT2D eigenvalue weighted by Gasteiger charge is 2.28. The maximum atomic E-state index is 13.7. The van der Waals surface area contributed by atoms with Crippen LogP contribution in [0.2, 0.25) is 0 Å². The summed E-state index contributed by atoms with van der Waals surface area (Å²) in [5.41, 5.74) is 0.796. The van der Waals surface area contributed by atoms with Crippen LogP contribution in [0.4, 0.5) is 9.18 Å². The van der Waals surface area contributed by atoms with Gasteiger partial charge in [-0.1, -0.05) is 26.0 Å². The number of nitrogens with one attached hydrogen (secondary N) is 1. The highest BCUT2D eigenvalue weighted by Crippen LogP contribution is 2.23. The summed E-state index contributed by atoms with van der Waals surface area (Å²) >= 11 is 0. The molecule has 3 amide bonds. The van der Waals surface area contributed by atoms with Crippen LogP contribution in [0.1, 0.15) is 52.9 Å². The fourth-order valence-electron chi connectivity index (χ4n) is 3.21. The number of hydrogen-bond acceptors (Lipinski definition) is 4. The van der Waals surface area contributed by atoms with Crippen molar-refractivity contribution in [1.29, 1.82) is 5.26 Å². The van der Waals surface area contributed by atoms with Gasteiger partial charge < -0.3 is 4.90 Å². The minimum atomic E-state index is -0.437. The van der Waals surface area contributed by atoms with Crippen molar-refractivity contribution in [3.05, 3.63) is 47.6 Å². The van der Waals surface area contributed by atoms with E-state index in [1.54, 1.807) is 17.0 Å². The van der Waals surface area contributed by atoms with Gasteiger partial charge in [-0.25, -0.2) is 9.18 Å². The Hall–Kier alpha value is -2.88. The molecule has 0 radical (unpaired) electrons. The summed E-state index contributed by atoms with van der Waals surface area (Å²) in [7, 11) is 0. The molecule has 2 heterocycles. The molecule has 0 bridgehead atoms. The molecule has 0 unspecified atom stereocenters. The molecule has 1 N–H and O–H groups in total. The van der Waals surface area contributed by atoms with Crippen molar-refractivity contribution < 1.29 is 14.0 Å². The van der Waals surface area contributed by atoms with Crippen molar-refractivity contribution in [2.45, 2.75) is 52.9 Å². The molecule has 0 atom stereocenters. The van der Waals surface area contributed by atoms with Gasteiger partial charge in [0.2, 0.25) is 5.91 Å². The number of amides is 3. The smallest absolute Gasteiger partial charge is 0.329 e. The summed E-state index contributed by atoms with van der Waals surface area (Å²) in [4.78, 5) is 28.0. The first-order valence-electron chi connectivity index (χ1n) is 10.1. The van der Waals surface area contributed by atoms with Gasteiger partial charge in [0.1, 0.15) is 11.6 Å². The highest BCUT2D eigenvalue weighted by molar-refractivity contribution is 5.96. The van der Waals surface area contributed by atoms with Crippen molar-refractivity contribution in [3.8, 4) is 6.07 Å². The molecule has 1 fully saturated rings. The molecule has 0 spiro atoms. The lowest BCUT2D eigenvalue weighted by atomic mass is 10.1. The van der Waals surface area contributed by atoms with Gasteiger partial charge >= 0.3 is 6.03 Å².